The predicted octanol–water partition coefficient (Wildman–Crippen LogP) is 0.00480. The Kier molecular flexibility index (Phi) is 1.64. The van der Waals surface area contributed by atoms with E-state index < -0.39 is 15.3 Å². The summed E-state index contributed by atoms with van der Waals surface area (Å²) in [5, 5.41) is -0.432. The Bertz CT molecular complexity index is 309. The van der Waals surface area contributed by atoms with Crippen LogP contribution >= 0.6 is 0 Å². The fourth-order valence-corrected chi connectivity index (χ4v) is 3.81. The van der Waals surface area contributed by atoms with E-state index >= 15 is 0 Å². The lowest BCUT2D eigenvalue weighted by Crippen LogP contribution is -2.27. The quantitative estimate of drug-likeness (QED) is 0.583. The zero-order valence-electron chi connectivity index (χ0n) is 6.62. The van der Waals surface area contributed by atoms with E-state index in [4.69, 9.17) is 0 Å². The molecule has 1 saturated heterocycles. The van der Waals surface area contributed by atoms with Crippen LogP contribution < -0.4 is 4.72 Å². The molecule has 12 heavy (non-hydrogen) atoms. The maximum atomic E-state index is 11.3. The Morgan fingerprint density at radius 1 is 1.25 bits per heavy atom. The van der Waals surface area contributed by atoms with Gasteiger partial charge in [-0.2, -0.15) is 0 Å². The Hall–Kier alpha value is -0.580. The molecule has 0 aromatic heterocycles. The second kappa shape index (κ2) is 2.45. The third kappa shape index (κ3) is 1.03. The monoisotopic (exact) mass is 189 g/mol. The number of carbonyl (C=O) groups excluding carboxylic acids is 1. The summed E-state index contributed by atoms with van der Waals surface area (Å²) in [5.74, 6) is -0.552. The molecule has 0 spiro atoms. The molecule has 0 bridgehead atoms. The van der Waals surface area contributed by atoms with Gasteiger partial charge in [0.2, 0.25) is 15.9 Å². The lowest BCUT2D eigenvalue weighted by atomic mass is 9.88. The summed E-state index contributed by atoms with van der Waals surface area (Å²) in [5.41, 5.74) is 0. The summed E-state index contributed by atoms with van der Waals surface area (Å²) in [4.78, 5) is 11.1. The minimum Gasteiger partial charge on any atom is -0.274 e. The van der Waals surface area contributed by atoms with Crippen LogP contribution in [0.3, 0.4) is 0 Å². The van der Waals surface area contributed by atoms with E-state index in [2.05, 4.69) is 4.72 Å². The molecule has 1 amide bonds. The van der Waals surface area contributed by atoms with Gasteiger partial charge in [-0.05, 0) is 12.8 Å². The largest absolute Gasteiger partial charge is 0.274 e. The van der Waals surface area contributed by atoms with Crippen molar-refractivity contribution >= 4 is 15.9 Å². The van der Waals surface area contributed by atoms with E-state index in [-0.39, 0.29) is 11.8 Å². The molecule has 0 radical (unpaired) electrons. The molecule has 4 nitrogen and oxygen atoms in total. The Morgan fingerprint density at radius 2 is 1.92 bits per heavy atom. The third-order valence-electron chi connectivity index (χ3n) is 2.68. The topological polar surface area (TPSA) is 63.2 Å². The molecular weight excluding hydrogens is 178 g/mol. The highest BCUT2D eigenvalue weighted by Crippen LogP contribution is 2.33. The minimum atomic E-state index is -3.30. The maximum absolute atomic E-state index is 11.3. The van der Waals surface area contributed by atoms with Crippen molar-refractivity contribution < 1.29 is 13.2 Å². The number of carbonyl (C=O) groups is 1. The molecule has 2 rings (SSSR count). The first-order valence-electron chi connectivity index (χ1n) is 4.17. The van der Waals surface area contributed by atoms with Crippen LogP contribution in [0.4, 0.5) is 0 Å². The standard InChI is InChI=1S/C7H11NO3S/c9-7-5-3-1-2-4-6(5)12(10,11)8-7/h5-6H,1-4H2,(H,8,9)/t5-,6+/m0/s1. The van der Waals surface area contributed by atoms with Crippen LogP contribution in [-0.4, -0.2) is 19.6 Å². The molecule has 1 aliphatic heterocycles. The molecule has 1 saturated carbocycles. The fraction of sp³-hybridized carbons (Fsp3) is 0.857. The molecule has 5 heteroatoms. The summed E-state index contributed by atoms with van der Waals surface area (Å²) in [6.45, 7) is 0. The van der Waals surface area contributed by atoms with Gasteiger partial charge < -0.3 is 0 Å². The van der Waals surface area contributed by atoms with Crippen LogP contribution in [0.25, 0.3) is 0 Å². The van der Waals surface area contributed by atoms with Crippen molar-refractivity contribution in [2.75, 3.05) is 0 Å². The van der Waals surface area contributed by atoms with Crippen molar-refractivity contribution in [1.82, 2.24) is 4.72 Å². The highest BCUT2D eigenvalue weighted by molar-refractivity contribution is 7.91. The van der Waals surface area contributed by atoms with E-state index in [1.165, 1.54) is 0 Å². The molecule has 1 heterocycles. The zero-order valence-corrected chi connectivity index (χ0v) is 7.43. The normalized spacial score (nSPS) is 38.8. The van der Waals surface area contributed by atoms with Gasteiger partial charge in [-0.15, -0.1) is 0 Å². The third-order valence-corrected chi connectivity index (χ3v) is 4.53. The molecule has 2 fully saturated rings. The Balaban J connectivity index is 2.34. The van der Waals surface area contributed by atoms with Crippen molar-refractivity contribution in [2.45, 2.75) is 30.9 Å². The van der Waals surface area contributed by atoms with Gasteiger partial charge in [0.1, 0.15) is 0 Å². The summed E-state index contributed by atoms with van der Waals surface area (Å²) in [6.07, 6.45) is 3.28. The molecule has 68 valence electrons. The molecule has 1 N–H and O–H groups in total. The van der Waals surface area contributed by atoms with E-state index in [1.807, 2.05) is 0 Å². The first kappa shape index (κ1) is 8.04. The van der Waals surface area contributed by atoms with E-state index in [0.717, 1.165) is 19.3 Å². The van der Waals surface area contributed by atoms with Gasteiger partial charge >= 0.3 is 0 Å². The number of hydrogen-bond donors (Lipinski definition) is 1. The highest BCUT2D eigenvalue weighted by atomic mass is 32.2. The summed E-state index contributed by atoms with van der Waals surface area (Å²) in [7, 11) is -3.30. The lowest BCUT2D eigenvalue weighted by molar-refractivity contribution is -0.122. The molecule has 0 unspecified atom stereocenters. The smallest absolute Gasteiger partial charge is 0.238 e. The van der Waals surface area contributed by atoms with Crippen LogP contribution in [-0.2, 0) is 14.8 Å². The molecule has 2 aliphatic rings. The molecule has 1 aliphatic carbocycles. The van der Waals surface area contributed by atoms with E-state index in [9.17, 15) is 13.2 Å². The molecular formula is C7H11NO3S. The number of rotatable bonds is 0. The summed E-state index contributed by atoms with van der Waals surface area (Å²) >= 11 is 0. The molecule has 2 atom stereocenters. The van der Waals surface area contributed by atoms with Crippen molar-refractivity contribution in [1.29, 1.82) is 0 Å². The van der Waals surface area contributed by atoms with Crippen LogP contribution in [0.15, 0.2) is 0 Å². The average Bonchev–Trinajstić information content (AvgIpc) is 2.25. The lowest BCUT2D eigenvalue weighted by Gasteiger charge is -2.19. The second-order valence-corrected chi connectivity index (χ2v) is 5.34. The number of amides is 1. The van der Waals surface area contributed by atoms with Gasteiger partial charge in [0, 0.05) is 0 Å². The minimum absolute atomic E-state index is 0.260. The number of nitrogens with one attached hydrogen (secondary N) is 1. The zero-order chi connectivity index (χ0) is 8.77. The van der Waals surface area contributed by atoms with Crippen LogP contribution in [0.2, 0.25) is 0 Å². The first-order chi connectivity index (χ1) is 5.61. The van der Waals surface area contributed by atoms with Crippen molar-refractivity contribution in [3.63, 3.8) is 0 Å². The van der Waals surface area contributed by atoms with Gasteiger partial charge in [-0.1, -0.05) is 12.8 Å². The van der Waals surface area contributed by atoms with Gasteiger partial charge in [0.25, 0.3) is 0 Å². The van der Waals surface area contributed by atoms with E-state index in [1.54, 1.807) is 0 Å². The van der Waals surface area contributed by atoms with Crippen molar-refractivity contribution in [3.05, 3.63) is 0 Å². The average molecular weight is 189 g/mol. The Morgan fingerprint density at radius 3 is 2.58 bits per heavy atom. The van der Waals surface area contributed by atoms with Gasteiger partial charge in [-0.3, -0.25) is 9.52 Å². The second-order valence-electron chi connectivity index (χ2n) is 3.44. The number of sulfonamides is 1. The van der Waals surface area contributed by atoms with Crippen LogP contribution in [0, 0.1) is 5.92 Å². The van der Waals surface area contributed by atoms with Crippen molar-refractivity contribution in [2.24, 2.45) is 5.92 Å². The maximum Gasteiger partial charge on any atom is 0.238 e. The fourth-order valence-electron chi connectivity index (χ4n) is 2.06. The summed E-state index contributed by atoms with van der Waals surface area (Å²) < 4.78 is 24.6. The number of hydrogen-bond acceptors (Lipinski definition) is 3. The molecule has 0 aromatic rings. The highest BCUT2D eigenvalue weighted by Gasteiger charge is 2.46. The van der Waals surface area contributed by atoms with Gasteiger partial charge in [0.05, 0.1) is 11.2 Å². The summed E-state index contributed by atoms with van der Waals surface area (Å²) in [6, 6.07) is 0. The van der Waals surface area contributed by atoms with Gasteiger partial charge in [-0.25, -0.2) is 8.42 Å². The Labute approximate surface area is 71.4 Å². The van der Waals surface area contributed by atoms with Crippen LogP contribution in [0.1, 0.15) is 25.7 Å². The number of fused-ring (bicyclic) bond motifs is 1. The first-order valence-corrected chi connectivity index (χ1v) is 5.71. The van der Waals surface area contributed by atoms with E-state index in [0.29, 0.717) is 6.42 Å². The predicted molar refractivity (Wildman–Crippen MR) is 42.8 cm³/mol. The van der Waals surface area contributed by atoms with Gasteiger partial charge in [0.15, 0.2) is 0 Å². The molecule has 0 aromatic carbocycles. The van der Waals surface area contributed by atoms with Crippen molar-refractivity contribution in [3.8, 4) is 0 Å². The SMILES string of the molecule is O=C1NS(=O)(=O)[C@@H]2CCCC[C@H]12. The van der Waals surface area contributed by atoms with Crippen LogP contribution in [0.5, 0.6) is 0 Å².